The predicted molar refractivity (Wildman–Crippen MR) is 108 cm³/mol. The number of furan rings is 1. The topological polar surface area (TPSA) is 127 Å². The fourth-order valence-corrected chi connectivity index (χ4v) is 2.60. The summed E-state index contributed by atoms with van der Waals surface area (Å²) in [4.78, 5) is 48.2. The average molecular weight is 436 g/mol. The smallest absolute Gasteiger partial charge is 0.329 e. The Labute approximate surface area is 178 Å². The van der Waals surface area contributed by atoms with E-state index >= 15 is 0 Å². The van der Waals surface area contributed by atoms with Gasteiger partial charge in [-0.05, 0) is 30.2 Å². The van der Waals surface area contributed by atoms with Gasteiger partial charge in [0.1, 0.15) is 11.8 Å². The maximum Gasteiger partial charge on any atom is 0.329 e. The van der Waals surface area contributed by atoms with E-state index in [0.29, 0.717) is 5.76 Å². The number of benzene rings is 1. The second-order valence-corrected chi connectivity index (χ2v) is 7.00. The lowest BCUT2D eigenvalue weighted by Gasteiger charge is -2.21. The monoisotopic (exact) mass is 435 g/mol. The number of hydrogen-bond acceptors (Lipinski definition) is 6. The molecule has 0 saturated carbocycles. The lowest BCUT2D eigenvalue weighted by Crippen LogP contribution is -2.47. The van der Waals surface area contributed by atoms with Gasteiger partial charge in [0, 0.05) is 0 Å². The van der Waals surface area contributed by atoms with Crippen molar-refractivity contribution in [3.05, 3.63) is 59.0 Å². The number of esters is 1. The van der Waals surface area contributed by atoms with Gasteiger partial charge in [0.25, 0.3) is 11.8 Å². The number of nitrogens with one attached hydrogen (secondary N) is 3. The molecule has 1 aromatic heterocycles. The second-order valence-electron chi connectivity index (χ2n) is 6.59. The molecule has 1 atom stereocenters. The minimum absolute atomic E-state index is 0.0927. The van der Waals surface area contributed by atoms with Gasteiger partial charge in [-0.1, -0.05) is 37.6 Å². The van der Waals surface area contributed by atoms with E-state index in [1.807, 2.05) is 5.32 Å². The number of urea groups is 1. The molecular weight excluding hydrogens is 414 g/mol. The normalized spacial score (nSPS) is 11.5. The number of ether oxygens (including phenoxy) is 1. The quantitative estimate of drug-likeness (QED) is 0.546. The van der Waals surface area contributed by atoms with Gasteiger partial charge in [-0.3, -0.25) is 14.9 Å². The molecular formula is C20H22ClN3O6. The fraction of sp³-hybridized carbons (Fsp3) is 0.300. The molecule has 1 aromatic carbocycles. The Hall–Kier alpha value is -3.33. The summed E-state index contributed by atoms with van der Waals surface area (Å²) in [6.45, 7) is 2.83. The minimum Gasteiger partial charge on any atom is -0.467 e. The SMILES string of the molecule is CC(C)[C@H](NC(=O)c1ccccc1Cl)C(=O)OCC(=O)NC(=O)NCc1ccco1. The van der Waals surface area contributed by atoms with Gasteiger partial charge in [-0.25, -0.2) is 9.59 Å². The molecule has 2 rings (SSSR count). The summed E-state index contributed by atoms with van der Waals surface area (Å²) < 4.78 is 10.00. The van der Waals surface area contributed by atoms with Crippen LogP contribution in [0.4, 0.5) is 4.79 Å². The highest BCUT2D eigenvalue weighted by Gasteiger charge is 2.27. The summed E-state index contributed by atoms with van der Waals surface area (Å²) in [6, 6.07) is 7.95. The average Bonchev–Trinajstić information content (AvgIpc) is 3.22. The zero-order valence-corrected chi connectivity index (χ0v) is 17.2. The van der Waals surface area contributed by atoms with Gasteiger partial charge < -0.3 is 19.8 Å². The summed E-state index contributed by atoms with van der Waals surface area (Å²) in [6.07, 6.45) is 1.45. The Morgan fingerprint density at radius 2 is 1.83 bits per heavy atom. The molecule has 0 aliphatic rings. The molecule has 0 radical (unpaired) electrons. The number of carbonyl (C=O) groups excluding carboxylic acids is 4. The Balaban J connectivity index is 1.82. The lowest BCUT2D eigenvalue weighted by atomic mass is 10.0. The molecule has 0 unspecified atom stereocenters. The summed E-state index contributed by atoms with van der Waals surface area (Å²) in [7, 11) is 0. The van der Waals surface area contributed by atoms with Crippen molar-refractivity contribution in [3.63, 3.8) is 0 Å². The van der Waals surface area contributed by atoms with Crippen LogP contribution in [0.15, 0.2) is 47.1 Å². The highest BCUT2D eigenvalue weighted by molar-refractivity contribution is 6.33. The molecule has 3 N–H and O–H groups in total. The van der Waals surface area contributed by atoms with E-state index in [0.717, 1.165) is 0 Å². The molecule has 30 heavy (non-hydrogen) atoms. The van der Waals surface area contributed by atoms with E-state index in [1.165, 1.54) is 12.3 Å². The predicted octanol–water partition coefficient (Wildman–Crippen LogP) is 2.26. The standard InChI is InChI=1S/C20H22ClN3O6/c1-12(2)17(24-18(26)14-7-3-4-8-15(14)21)19(27)30-11-16(25)23-20(28)22-10-13-6-5-9-29-13/h3-9,12,17H,10-11H2,1-2H3,(H,24,26)(H2,22,23,25,28)/t17-/m0/s1. The first-order valence-electron chi connectivity index (χ1n) is 9.10. The van der Waals surface area contributed by atoms with Crippen molar-refractivity contribution in [3.8, 4) is 0 Å². The van der Waals surface area contributed by atoms with Crippen LogP contribution in [0.2, 0.25) is 5.02 Å². The van der Waals surface area contributed by atoms with Crippen molar-refractivity contribution in [2.24, 2.45) is 5.92 Å². The third kappa shape index (κ3) is 6.93. The van der Waals surface area contributed by atoms with E-state index in [-0.39, 0.29) is 23.0 Å². The minimum atomic E-state index is -1.01. The van der Waals surface area contributed by atoms with Crippen LogP contribution in [0.1, 0.15) is 30.0 Å². The van der Waals surface area contributed by atoms with Gasteiger partial charge in [0.2, 0.25) is 0 Å². The zero-order valence-electron chi connectivity index (χ0n) is 16.4. The second kappa shape index (κ2) is 11.0. The van der Waals surface area contributed by atoms with E-state index in [4.69, 9.17) is 20.8 Å². The van der Waals surface area contributed by atoms with E-state index in [1.54, 1.807) is 44.2 Å². The number of hydrogen-bond donors (Lipinski definition) is 3. The van der Waals surface area contributed by atoms with Gasteiger partial charge in [0.15, 0.2) is 6.61 Å². The molecule has 10 heteroatoms. The molecule has 0 saturated heterocycles. The van der Waals surface area contributed by atoms with Crippen LogP contribution in [0.25, 0.3) is 0 Å². The summed E-state index contributed by atoms with van der Waals surface area (Å²) in [5, 5.41) is 7.24. The number of imide groups is 1. The number of carbonyl (C=O) groups is 4. The first-order valence-corrected chi connectivity index (χ1v) is 9.47. The third-order valence-electron chi connectivity index (χ3n) is 3.93. The van der Waals surface area contributed by atoms with Crippen LogP contribution >= 0.6 is 11.6 Å². The van der Waals surface area contributed by atoms with Gasteiger partial charge >= 0.3 is 12.0 Å². The molecule has 2 aromatic rings. The highest BCUT2D eigenvalue weighted by Crippen LogP contribution is 2.15. The van der Waals surface area contributed by atoms with Crippen molar-refractivity contribution in [2.75, 3.05) is 6.61 Å². The van der Waals surface area contributed by atoms with Crippen molar-refractivity contribution < 1.29 is 28.3 Å². The van der Waals surface area contributed by atoms with Crippen LogP contribution in [-0.4, -0.2) is 36.5 Å². The Kier molecular flexibility index (Phi) is 8.42. The summed E-state index contributed by atoms with van der Waals surface area (Å²) in [5.41, 5.74) is 0.212. The molecule has 0 aliphatic heterocycles. The fourth-order valence-electron chi connectivity index (χ4n) is 2.38. The third-order valence-corrected chi connectivity index (χ3v) is 4.26. The molecule has 0 bridgehead atoms. The van der Waals surface area contributed by atoms with Crippen molar-refractivity contribution in [2.45, 2.75) is 26.4 Å². The number of halogens is 1. The zero-order chi connectivity index (χ0) is 22.1. The molecule has 1 heterocycles. The van der Waals surface area contributed by atoms with Crippen LogP contribution < -0.4 is 16.0 Å². The first kappa shape index (κ1) is 23.0. The van der Waals surface area contributed by atoms with E-state index in [2.05, 4.69) is 10.6 Å². The van der Waals surface area contributed by atoms with Gasteiger partial charge in [0.05, 0.1) is 23.4 Å². The Morgan fingerprint density at radius 1 is 1.10 bits per heavy atom. The first-order chi connectivity index (χ1) is 14.3. The maximum absolute atomic E-state index is 12.4. The van der Waals surface area contributed by atoms with Crippen molar-refractivity contribution in [1.82, 2.24) is 16.0 Å². The molecule has 4 amide bonds. The van der Waals surface area contributed by atoms with Crippen molar-refractivity contribution in [1.29, 1.82) is 0 Å². The lowest BCUT2D eigenvalue weighted by molar-refractivity contribution is -0.151. The molecule has 0 spiro atoms. The maximum atomic E-state index is 12.4. The summed E-state index contributed by atoms with van der Waals surface area (Å²) in [5.74, 6) is -1.98. The molecule has 0 fully saturated rings. The van der Waals surface area contributed by atoms with Crippen LogP contribution in [0.5, 0.6) is 0 Å². The molecule has 0 aliphatic carbocycles. The number of amides is 4. The Bertz CT molecular complexity index is 898. The molecule has 9 nitrogen and oxygen atoms in total. The summed E-state index contributed by atoms with van der Waals surface area (Å²) >= 11 is 6.00. The van der Waals surface area contributed by atoms with Gasteiger partial charge in [-0.15, -0.1) is 0 Å². The largest absolute Gasteiger partial charge is 0.467 e. The van der Waals surface area contributed by atoms with Crippen molar-refractivity contribution >= 4 is 35.4 Å². The van der Waals surface area contributed by atoms with Crippen LogP contribution in [0.3, 0.4) is 0 Å². The molecule has 160 valence electrons. The van der Waals surface area contributed by atoms with Gasteiger partial charge in [-0.2, -0.15) is 0 Å². The van der Waals surface area contributed by atoms with E-state index < -0.39 is 36.5 Å². The Morgan fingerprint density at radius 3 is 2.47 bits per heavy atom. The highest BCUT2D eigenvalue weighted by atomic mass is 35.5. The number of rotatable bonds is 8. The van der Waals surface area contributed by atoms with E-state index in [9.17, 15) is 19.2 Å². The van der Waals surface area contributed by atoms with Crippen LogP contribution in [-0.2, 0) is 20.9 Å². The van der Waals surface area contributed by atoms with Crippen LogP contribution in [0, 0.1) is 5.92 Å².